The van der Waals surface area contributed by atoms with E-state index in [1.54, 1.807) is 57.4 Å². The van der Waals surface area contributed by atoms with Crippen LogP contribution < -0.4 is 0 Å². The number of aromatic nitrogens is 3. The van der Waals surface area contributed by atoms with Crippen LogP contribution in [0, 0.1) is 19.8 Å². The van der Waals surface area contributed by atoms with Gasteiger partial charge < -0.3 is 5.11 Å². The molecular formula is C62H68N3OPt-. The van der Waals surface area contributed by atoms with Gasteiger partial charge in [-0.05, 0) is 128 Å². The first kappa shape index (κ1) is 30.7. The van der Waals surface area contributed by atoms with Crippen LogP contribution in [0.2, 0.25) is 0 Å². The number of imidazole rings is 1. The fraction of sp³-hybridized carbons (Fsp3) is 0.323. The molecule has 0 unspecified atom stereocenters. The van der Waals surface area contributed by atoms with Gasteiger partial charge in [-0.2, -0.15) is 0 Å². The summed E-state index contributed by atoms with van der Waals surface area (Å²) in [6, 6.07) is 26.1. The SMILES string of the molecule is [2H]c1c([2H])c(C(C([2H])([2H])[2H])(C([2H])([2H])[2H])C([2H])([2H])[2H])c([2H])c([2H])c1-c1ccnc(-c2[c-]c(-c3cccc4c3nc(-c3cc(C(C)(C)C)cc(C)c3O)n4-c3ccc(-c4cc(C([2H])(C)C)cc(C([2H])(C)C)c4)cc3C([2H])([2H])[2H])cc(C(C)(C)C)c2)c1.[Pt]. The predicted molar refractivity (Wildman–Crippen MR) is 280 cm³/mol. The molecule has 348 valence electrons. The van der Waals surface area contributed by atoms with E-state index >= 15 is 0 Å². The van der Waals surface area contributed by atoms with Crippen LogP contribution in [-0.2, 0) is 37.3 Å². The molecule has 67 heavy (non-hydrogen) atoms. The molecule has 0 radical (unpaired) electrons. The Labute approximate surface area is 440 Å². The number of pyridine rings is 1. The molecule has 0 saturated carbocycles. The van der Waals surface area contributed by atoms with Crippen molar-refractivity contribution in [3.63, 3.8) is 0 Å². The molecule has 8 rings (SSSR count). The van der Waals surface area contributed by atoms with E-state index in [2.05, 4.69) is 11.1 Å². The molecule has 1 N–H and O–H groups in total. The predicted octanol–water partition coefficient (Wildman–Crippen LogP) is 17.0. The minimum Gasteiger partial charge on any atom is -0.507 e. The molecule has 2 heterocycles. The van der Waals surface area contributed by atoms with Crippen molar-refractivity contribution in [2.24, 2.45) is 0 Å². The Morgan fingerprint density at radius 1 is 0.642 bits per heavy atom. The molecule has 8 aromatic rings. The van der Waals surface area contributed by atoms with Crippen LogP contribution in [0.1, 0.15) is 165 Å². The Hall–Kier alpha value is -5.57. The van der Waals surface area contributed by atoms with Gasteiger partial charge >= 0.3 is 0 Å². The van der Waals surface area contributed by atoms with Crippen LogP contribution in [0.15, 0.2) is 121 Å². The van der Waals surface area contributed by atoms with Crippen LogP contribution in [0.5, 0.6) is 5.75 Å². The molecule has 0 spiro atoms. The van der Waals surface area contributed by atoms with Gasteiger partial charge in [0.15, 0.2) is 0 Å². The molecule has 0 aliphatic carbocycles. The third kappa shape index (κ3) is 10.0. The Bertz CT molecular complexity index is 3820. The summed E-state index contributed by atoms with van der Waals surface area (Å²) in [5, 5.41) is 12.1. The number of hydrogen-bond donors (Lipinski definition) is 1. The van der Waals surface area contributed by atoms with Gasteiger partial charge in [-0.15, -0.1) is 29.3 Å². The zero-order valence-electron chi connectivity index (χ0n) is 57.8. The number of phenols is 1. The standard InChI is InChI=1S/C62H68N3O.Pt/c1-37(2)44-29-45(38(3)4)31-46(30-44)42-21-24-55(39(5)27-42)65-56-18-16-17-52(57(56)64-59(65)53-36-50(61(10,11)12)28-40(6)58(53)66)47-32-48(34-51(33-47)62(13,14)15)54-35-43(25-26-63-54)41-19-22-49(23-20-41)60(7,8)9;/h16-31,33-38,66H,1-15H3;/q-1;/i5D3,7D3,8D3,9D3,19D,20D,22D,23D,37D,38D;. The van der Waals surface area contributed by atoms with E-state index in [9.17, 15) is 5.11 Å². The number of para-hydroxylation sites is 1. The Kier molecular flexibility index (Phi) is 8.48. The van der Waals surface area contributed by atoms with Gasteiger partial charge in [0.05, 0.1) is 27.8 Å². The summed E-state index contributed by atoms with van der Waals surface area (Å²) in [7, 11) is 0. The molecule has 6 aromatic carbocycles. The van der Waals surface area contributed by atoms with Crippen molar-refractivity contribution in [2.45, 2.75) is 132 Å². The van der Waals surface area contributed by atoms with E-state index in [0.29, 0.717) is 61.1 Å². The van der Waals surface area contributed by atoms with Gasteiger partial charge in [-0.1, -0.05) is 174 Å². The number of fused-ring (bicyclic) bond motifs is 1. The first-order valence-corrected chi connectivity index (χ1v) is 22.0. The fourth-order valence-corrected chi connectivity index (χ4v) is 8.07. The van der Waals surface area contributed by atoms with Crippen molar-refractivity contribution in [3.8, 4) is 67.5 Å². The molecule has 2 aromatic heterocycles. The van der Waals surface area contributed by atoms with Crippen molar-refractivity contribution in [1.82, 2.24) is 14.5 Å². The maximum Gasteiger partial charge on any atom is 0.148 e. The van der Waals surface area contributed by atoms with Gasteiger partial charge in [0.2, 0.25) is 0 Å². The van der Waals surface area contributed by atoms with Crippen LogP contribution >= 0.6 is 0 Å². The van der Waals surface area contributed by atoms with E-state index < -0.39 is 85.2 Å². The summed E-state index contributed by atoms with van der Waals surface area (Å²) >= 11 is 0. The molecule has 0 amide bonds. The maximum atomic E-state index is 12.1. The molecule has 0 atom stereocenters. The van der Waals surface area contributed by atoms with E-state index in [4.69, 9.17) is 29.7 Å². The zero-order chi connectivity index (χ0) is 62.9. The van der Waals surface area contributed by atoms with Crippen molar-refractivity contribution in [3.05, 3.63) is 166 Å². The average molecular weight is 1080 g/mol. The number of aromatic hydroxyl groups is 1. The maximum absolute atomic E-state index is 12.1. The van der Waals surface area contributed by atoms with Crippen LogP contribution in [0.25, 0.3) is 72.7 Å². The quantitative estimate of drug-likeness (QED) is 0.154. The van der Waals surface area contributed by atoms with Crippen LogP contribution in [0.4, 0.5) is 0 Å². The van der Waals surface area contributed by atoms with Gasteiger partial charge in [0.25, 0.3) is 0 Å². The molecule has 4 nitrogen and oxygen atoms in total. The average Bonchev–Trinajstić information content (AvgIpc) is 0.933. The van der Waals surface area contributed by atoms with Crippen molar-refractivity contribution in [1.29, 1.82) is 0 Å². The second-order valence-corrected chi connectivity index (χ2v) is 19.8. The van der Waals surface area contributed by atoms with Gasteiger partial charge in [0, 0.05) is 52.1 Å². The summed E-state index contributed by atoms with van der Waals surface area (Å²) in [5.41, 5.74) is 1.54. The van der Waals surface area contributed by atoms with Crippen LogP contribution in [-0.4, -0.2) is 19.6 Å². The van der Waals surface area contributed by atoms with E-state index in [1.807, 2.05) is 102 Å². The number of nitrogens with zero attached hydrogens (tertiary/aromatic N) is 3. The van der Waals surface area contributed by atoms with E-state index in [1.165, 1.54) is 18.3 Å². The van der Waals surface area contributed by atoms with E-state index in [-0.39, 0.29) is 60.7 Å². The van der Waals surface area contributed by atoms with Gasteiger partial charge in [0.1, 0.15) is 11.6 Å². The summed E-state index contributed by atoms with van der Waals surface area (Å²) in [6.07, 6.45) is 1.37. The van der Waals surface area contributed by atoms with Gasteiger partial charge in [-0.3, -0.25) is 9.55 Å². The topological polar surface area (TPSA) is 50.9 Å². The fourth-order valence-electron chi connectivity index (χ4n) is 8.07. The number of aryl methyl sites for hydroxylation is 2. The minimum atomic E-state index is -3.85. The molecular weight excluding hydrogens is 998 g/mol. The van der Waals surface area contributed by atoms with Gasteiger partial charge in [-0.25, -0.2) is 4.98 Å². The second kappa shape index (κ2) is 18.5. The third-order valence-electron chi connectivity index (χ3n) is 12.1. The smallest absolute Gasteiger partial charge is 0.148 e. The minimum absolute atomic E-state index is 0. The summed E-state index contributed by atoms with van der Waals surface area (Å²) < 4.78 is 157. The molecule has 0 fully saturated rings. The number of rotatable bonds is 8. The molecule has 0 saturated heterocycles. The van der Waals surface area contributed by atoms with Crippen molar-refractivity contribution in [2.75, 3.05) is 0 Å². The second-order valence-electron chi connectivity index (χ2n) is 19.8. The van der Waals surface area contributed by atoms with E-state index in [0.717, 1.165) is 11.1 Å². The number of hydrogen-bond acceptors (Lipinski definition) is 3. The first-order chi connectivity index (χ1) is 38.2. The molecule has 0 aliphatic heterocycles. The van der Waals surface area contributed by atoms with Crippen LogP contribution in [0.3, 0.4) is 0 Å². The largest absolute Gasteiger partial charge is 0.507 e. The molecule has 0 aliphatic rings. The Morgan fingerprint density at radius 2 is 1.28 bits per heavy atom. The number of phenolic OH excluding ortho intramolecular Hbond substituents is 1. The molecule has 5 heteroatoms. The third-order valence-corrected chi connectivity index (χ3v) is 12.1. The Balaban J connectivity index is 0.0000104. The number of benzene rings is 6. The zero-order valence-corrected chi connectivity index (χ0v) is 42.1. The monoisotopic (exact) mass is 1080 g/mol. The van der Waals surface area contributed by atoms with Crippen molar-refractivity contribution >= 4 is 11.0 Å². The molecule has 0 bridgehead atoms. The van der Waals surface area contributed by atoms with Crippen molar-refractivity contribution < 1.29 is 50.8 Å². The summed E-state index contributed by atoms with van der Waals surface area (Å²) in [4.78, 5) is 10.0. The summed E-state index contributed by atoms with van der Waals surface area (Å²) in [5.74, 6) is -1.91. The first-order valence-electron chi connectivity index (χ1n) is 31.0. The summed E-state index contributed by atoms with van der Waals surface area (Å²) in [6.45, 7) is 6.71. The normalized spacial score (nSPS) is 17.3. The Morgan fingerprint density at radius 3 is 1.91 bits per heavy atom.